The molecule has 1 saturated heterocycles. The number of rotatable bonds is 4. The molecule has 1 aliphatic heterocycles. The largest absolute Gasteiger partial charge is 0.349 e. The fourth-order valence-electron chi connectivity index (χ4n) is 3.76. The Labute approximate surface area is 137 Å². The third-order valence-corrected chi connectivity index (χ3v) is 6.04. The van der Waals surface area contributed by atoms with Gasteiger partial charge in [0.1, 0.15) is 5.01 Å². The van der Waals surface area contributed by atoms with Crippen molar-refractivity contribution in [2.45, 2.75) is 64.5 Å². The Morgan fingerprint density at radius 3 is 2.64 bits per heavy atom. The van der Waals surface area contributed by atoms with Gasteiger partial charge in [-0.25, -0.2) is 4.98 Å². The second-order valence-electron chi connectivity index (χ2n) is 6.70. The molecule has 22 heavy (non-hydrogen) atoms. The summed E-state index contributed by atoms with van der Waals surface area (Å²) < 4.78 is 0. The van der Waals surface area contributed by atoms with Crippen molar-refractivity contribution in [2.75, 3.05) is 13.1 Å². The van der Waals surface area contributed by atoms with Crippen molar-refractivity contribution < 1.29 is 4.79 Å². The number of hydrogen-bond acceptors (Lipinski definition) is 4. The van der Waals surface area contributed by atoms with Crippen LogP contribution in [-0.2, 0) is 11.3 Å². The summed E-state index contributed by atoms with van der Waals surface area (Å²) in [5.74, 6) is 0.414. The first-order valence-corrected chi connectivity index (χ1v) is 9.53. The summed E-state index contributed by atoms with van der Waals surface area (Å²) >= 11 is 1.62. The summed E-state index contributed by atoms with van der Waals surface area (Å²) in [5, 5.41) is 6.10. The van der Waals surface area contributed by atoms with Gasteiger partial charge in [0.05, 0.1) is 6.54 Å². The molecule has 5 heteroatoms. The molecule has 0 radical (unpaired) electrons. The molecule has 0 bridgehead atoms. The van der Waals surface area contributed by atoms with E-state index in [0.29, 0.717) is 6.54 Å². The quantitative estimate of drug-likeness (QED) is 0.927. The van der Waals surface area contributed by atoms with Crippen LogP contribution in [0.5, 0.6) is 0 Å². The highest BCUT2D eigenvalue weighted by molar-refractivity contribution is 7.09. The van der Waals surface area contributed by atoms with Gasteiger partial charge in [-0.1, -0.05) is 19.3 Å². The molecular weight excluding hydrogens is 294 g/mol. The van der Waals surface area contributed by atoms with Crippen molar-refractivity contribution in [3.63, 3.8) is 0 Å². The highest BCUT2D eigenvalue weighted by Crippen LogP contribution is 2.27. The van der Waals surface area contributed by atoms with Crippen LogP contribution in [0.15, 0.2) is 5.38 Å². The molecule has 2 fully saturated rings. The molecule has 0 atom stereocenters. The lowest BCUT2D eigenvalue weighted by Gasteiger charge is -2.38. The van der Waals surface area contributed by atoms with Crippen molar-refractivity contribution in [3.05, 3.63) is 16.1 Å². The molecule has 1 aromatic rings. The molecule has 0 unspecified atom stereocenters. The molecule has 3 rings (SSSR count). The lowest BCUT2D eigenvalue weighted by molar-refractivity contribution is -0.126. The van der Waals surface area contributed by atoms with Crippen molar-refractivity contribution in [2.24, 2.45) is 5.92 Å². The Kier molecular flexibility index (Phi) is 5.47. The zero-order valence-corrected chi connectivity index (χ0v) is 14.3. The van der Waals surface area contributed by atoms with Crippen LogP contribution in [0.4, 0.5) is 0 Å². The topological polar surface area (TPSA) is 45.2 Å². The summed E-state index contributed by atoms with van der Waals surface area (Å²) in [5.41, 5.74) is 1.04. The van der Waals surface area contributed by atoms with Crippen molar-refractivity contribution in [1.82, 2.24) is 15.2 Å². The number of aromatic nitrogens is 1. The number of likely N-dealkylation sites (tertiary alicyclic amines) is 1. The van der Waals surface area contributed by atoms with E-state index in [9.17, 15) is 4.79 Å². The van der Waals surface area contributed by atoms with Gasteiger partial charge in [0.25, 0.3) is 0 Å². The number of nitrogens with zero attached hydrogens (tertiary/aromatic N) is 2. The molecule has 0 spiro atoms. The van der Waals surface area contributed by atoms with Gasteiger partial charge in [0.15, 0.2) is 0 Å². The van der Waals surface area contributed by atoms with Crippen molar-refractivity contribution in [3.8, 4) is 0 Å². The van der Waals surface area contributed by atoms with Crippen LogP contribution in [0, 0.1) is 12.8 Å². The van der Waals surface area contributed by atoms with Gasteiger partial charge in [0.2, 0.25) is 5.91 Å². The third kappa shape index (κ3) is 4.07. The third-order valence-electron chi connectivity index (χ3n) is 5.07. The average molecular weight is 321 g/mol. The van der Waals surface area contributed by atoms with Crippen LogP contribution in [0.1, 0.15) is 55.6 Å². The number of aryl methyl sites for hydroxylation is 1. The van der Waals surface area contributed by atoms with E-state index in [2.05, 4.69) is 15.2 Å². The van der Waals surface area contributed by atoms with E-state index in [0.717, 1.165) is 42.7 Å². The predicted molar refractivity (Wildman–Crippen MR) is 89.9 cm³/mol. The average Bonchev–Trinajstić information content (AvgIpc) is 2.99. The molecule has 2 heterocycles. The zero-order valence-electron chi connectivity index (χ0n) is 13.5. The maximum atomic E-state index is 12.3. The molecule has 2 aliphatic rings. The van der Waals surface area contributed by atoms with E-state index < -0.39 is 0 Å². The lowest BCUT2D eigenvalue weighted by Crippen LogP contribution is -2.45. The van der Waals surface area contributed by atoms with E-state index in [1.54, 1.807) is 11.3 Å². The number of hydrogen-bond donors (Lipinski definition) is 1. The highest BCUT2D eigenvalue weighted by atomic mass is 32.1. The van der Waals surface area contributed by atoms with Crippen LogP contribution in [0.25, 0.3) is 0 Å². The van der Waals surface area contributed by atoms with Gasteiger partial charge in [-0.3, -0.25) is 4.79 Å². The Balaban J connectivity index is 1.41. The first kappa shape index (κ1) is 15.9. The normalized spacial score (nSPS) is 21.9. The minimum Gasteiger partial charge on any atom is -0.349 e. The second kappa shape index (κ2) is 7.55. The number of amides is 1. The standard InChI is InChI=1S/C17H27N3OS/c1-13-12-22-16(19-13)11-18-17(21)14-7-9-20(10-8-14)15-5-3-2-4-6-15/h12,14-15H,2-11H2,1H3,(H,18,21). The van der Waals surface area contributed by atoms with E-state index in [1.807, 2.05) is 12.3 Å². The van der Waals surface area contributed by atoms with Crippen molar-refractivity contribution >= 4 is 17.2 Å². The van der Waals surface area contributed by atoms with Gasteiger partial charge in [0, 0.05) is 23.0 Å². The van der Waals surface area contributed by atoms with E-state index in [1.165, 1.54) is 32.1 Å². The van der Waals surface area contributed by atoms with Crippen LogP contribution in [-0.4, -0.2) is 34.9 Å². The van der Waals surface area contributed by atoms with Gasteiger partial charge < -0.3 is 10.2 Å². The number of thiazole rings is 1. The molecular formula is C17H27N3OS. The maximum absolute atomic E-state index is 12.3. The Morgan fingerprint density at radius 2 is 2.00 bits per heavy atom. The molecule has 1 aliphatic carbocycles. The van der Waals surface area contributed by atoms with Gasteiger partial charge >= 0.3 is 0 Å². The van der Waals surface area contributed by atoms with Crippen molar-refractivity contribution in [1.29, 1.82) is 0 Å². The molecule has 1 aromatic heterocycles. The van der Waals surface area contributed by atoms with Crippen LogP contribution in [0.2, 0.25) is 0 Å². The van der Waals surface area contributed by atoms with E-state index in [4.69, 9.17) is 0 Å². The number of carbonyl (C=O) groups excluding carboxylic acids is 1. The Hall–Kier alpha value is -0.940. The smallest absolute Gasteiger partial charge is 0.223 e. The summed E-state index contributed by atoms with van der Waals surface area (Å²) in [6.45, 7) is 4.77. The molecule has 1 saturated carbocycles. The minimum absolute atomic E-state index is 0.195. The summed E-state index contributed by atoms with van der Waals surface area (Å²) in [6.07, 6.45) is 8.93. The van der Waals surface area contributed by atoms with Gasteiger partial charge in [-0.05, 0) is 45.7 Å². The first-order chi connectivity index (χ1) is 10.7. The molecule has 122 valence electrons. The molecule has 0 aromatic carbocycles. The van der Waals surface area contributed by atoms with E-state index >= 15 is 0 Å². The molecule has 1 amide bonds. The van der Waals surface area contributed by atoms with Gasteiger partial charge in [-0.15, -0.1) is 11.3 Å². The predicted octanol–water partition coefficient (Wildman–Crippen LogP) is 3.11. The summed E-state index contributed by atoms with van der Waals surface area (Å²) in [7, 11) is 0. The van der Waals surface area contributed by atoms with E-state index in [-0.39, 0.29) is 11.8 Å². The van der Waals surface area contributed by atoms with Crippen LogP contribution < -0.4 is 5.32 Å². The Bertz CT molecular complexity index is 488. The van der Waals surface area contributed by atoms with Crippen LogP contribution >= 0.6 is 11.3 Å². The minimum atomic E-state index is 0.195. The first-order valence-electron chi connectivity index (χ1n) is 8.65. The number of carbonyl (C=O) groups is 1. The highest BCUT2D eigenvalue weighted by Gasteiger charge is 2.29. The lowest BCUT2D eigenvalue weighted by atomic mass is 9.90. The fraction of sp³-hybridized carbons (Fsp3) is 0.765. The van der Waals surface area contributed by atoms with Crippen LogP contribution in [0.3, 0.4) is 0 Å². The molecule has 1 N–H and O–H groups in total. The maximum Gasteiger partial charge on any atom is 0.223 e. The summed E-state index contributed by atoms with van der Waals surface area (Å²) in [6, 6.07) is 0.788. The van der Waals surface area contributed by atoms with Gasteiger partial charge in [-0.2, -0.15) is 0 Å². The second-order valence-corrected chi connectivity index (χ2v) is 7.65. The monoisotopic (exact) mass is 321 g/mol. The molecule has 4 nitrogen and oxygen atoms in total. The number of piperidine rings is 1. The SMILES string of the molecule is Cc1csc(CNC(=O)C2CCN(C3CCCCC3)CC2)n1. The fourth-order valence-corrected chi connectivity index (χ4v) is 4.48. The zero-order chi connectivity index (χ0) is 15.4. The Morgan fingerprint density at radius 1 is 1.27 bits per heavy atom. The number of nitrogens with one attached hydrogen (secondary N) is 1. The summed E-state index contributed by atoms with van der Waals surface area (Å²) in [4.78, 5) is 19.3.